The lowest BCUT2D eigenvalue weighted by Crippen LogP contribution is -2.02. The molecule has 4 aromatic carbocycles. The zero-order valence-corrected chi connectivity index (χ0v) is 21.7. The highest BCUT2D eigenvalue weighted by atomic mass is 31.2. The summed E-state index contributed by atoms with van der Waals surface area (Å²) in [6.07, 6.45) is 4.38. The molecular weight excluding hydrogens is 487 g/mol. The maximum atomic E-state index is 13.3. The Morgan fingerprint density at radius 2 is 1.43 bits per heavy atom. The van der Waals surface area contributed by atoms with Gasteiger partial charge >= 0.3 is 13.8 Å². The van der Waals surface area contributed by atoms with Crippen LogP contribution in [0.15, 0.2) is 103 Å². The molecule has 0 aliphatic carbocycles. The number of rotatable bonds is 11. The molecule has 0 aliphatic heterocycles. The standard InChI is InChI=1S/C30H29O6P/c1-3-34-37(32,35-4-2)36-29(19-12-20-30(31)33-22-23-13-6-5-7-14-23)28-21-24-15-8-9-16-25(24)26-17-10-11-18-27(26)28/h5-21H,3-4,22H2,1-2H3/b20-12+,29-19-. The lowest BCUT2D eigenvalue weighted by atomic mass is 9.96. The van der Waals surface area contributed by atoms with Crippen molar-refractivity contribution < 1.29 is 27.7 Å². The van der Waals surface area contributed by atoms with Crippen molar-refractivity contribution >= 4 is 41.1 Å². The molecule has 0 N–H and O–H groups in total. The first-order valence-corrected chi connectivity index (χ1v) is 13.6. The first-order valence-electron chi connectivity index (χ1n) is 12.1. The molecule has 0 fully saturated rings. The summed E-state index contributed by atoms with van der Waals surface area (Å²) < 4.78 is 35.4. The Morgan fingerprint density at radius 1 is 0.811 bits per heavy atom. The van der Waals surface area contributed by atoms with E-state index in [4.69, 9.17) is 18.3 Å². The number of benzene rings is 4. The van der Waals surface area contributed by atoms with Gasteiger partial charge in [0.1, 0.15) is 12.4 Å². The van der Waals surface area contributed by atoms with Crippen molar-refractivity contribution in [3.05, 3.63) is 114 Å². The number of hydrogen-bond acceptors (Lipinski definition) is 6. The molecule has 0 spiro atoms. The van der Waals surface area contributed by atoms with Gasteiger partial charge in [0.2, 0.25) is 0 Å². The molecule has 0 saturated carbocycles. The zero-order chi connectivity index (χ0) is 26.1. The van der Waals surface area contributed by atoms with Crippen LogP contribution in [-0.2, 0) is 34.3 Å². The maximum absolute atomic E-state index is 13.3. The number of allylic oxidation sites excluding steroid dienone is 2. The Bertz CT molecular complexity index is 1470. The van der Waals surface area contributed by atoms with Gasteiger partial charge in [0.05, 0.1) is 13.2 Å². The summed E-state index contributed by atoms with van der Waals surface area (Å²) in [6.45, 7) is 3.88. The number of phosphoric ester groups is 1. The Labute approximate surface area is 216 Å². The van der Waals surface area contributed by atoms with Crippen LogP contribution in [-0.4, -0.2) is 19.2 Å². The van der Waals surface area contributed by atoms with E-state index in [9.17, 15) is 9.36 Å². The molecule has 0 atom stereocenters. The summed E-state index contributed by atoms with van der Waals surface area (Å²) in [4.78, 5) is 12.3. The van der Waals surface area contributed by atoms with Crippen LogP contribution >= 0.6 is 7.82 Å². The summed E-state index contributed by atoms with van der Waals surface area (Å²) in [7, 11) is -3.91. The lowest BCUT2D eigenvalue weighted by Gasteiger charge is -2.20. The predicted molar refractivity (Wildman–Crippen MR) is 147 cm³/mol. The van der Waals surface area contributed by atoms with Gasteiger partial charge in [-0.2, -0.15) is 0 Å². The van der Waals surface area contributed by atoms with Gasteiger partial charge in [0.25, 0.3) is 0 Å². The molecule has 0 radical (unpaired) electrons. The van der Waals surface area contributed by atoms with Gasteiger partial charge in [-0.05, 0) is 53.1 Å². The van der Waals surface area contributed by atoms with E-state index in [1.165, 1.54) is 12.2 Å². The van der Waals surface area contributed by atoms with E-state index in [0.717, 1.165) is 27.1 Å². The molecule has 4 aromatic rings. The molecular formula is C30H29O6P. The Balaban J connectivity index is 1.72. The van der Waals surface area contributed by atoms with Crippen LogP contribution in [0, 0.1) is 0 Å². The molecule has 37 heavy (non-hydrogen) atoms. The van der Waals surface area contributed by atoms with Crippen LogP contribution in [0.5, 0.6) is 0 Å². The summed E-state index contributed by atoms with van der Waals surface area (Å²) >= 11 is 0. The Kier molecular flexibility index (Phi) is 8.91. The van der Waals surface area contributed by atoms with Gasteiger partial charge in [-0.1, -0.05) is 84.9 Å². The van der Waals surface area contributed by atoms with Gasteiger partial charge in [0.15, 0.2) is 0 Å². The van der Waals surface area contributed by atoms with Gasteiger partial charge in [0, 0.05) is 11.6 Å². The minimum absolute atomic E-state index is 0.144. The minimum atomic E-state index is -3.91. The largest absolute Gasteiger partial charge is 0.530 e. The van der Waals surface area contributed by atoms with Crippen molar-refractivity contribution in [1.82, 2.24) is 0 Å². The van der Waals surface area contributed by atoms with Crippen molar-refractivity contribution in [2.75, 3.05) is 13.2 Å². The Hall–Kier alpha value is -3.70. The summed E-state index contributed by atoms with van der Waals surface area (Å²) in [6, 6.07) is 27.3. The monoisotopic (exact) mass is 516 g/mol. The third kappa shape index (κ3) is 6.75. The zero-order valence-electron chi connectivity index (χ0n) is 20.8. The van der Waals surface area contributed by atoms with Gasteiger partial charge < -0.3 is 9.26 Å². The number of fused-ring (bicyclic) bond motifs is 3. The van der Waals surface area contributed by atoms with Crippen LogP contribution in [0.2, 0.25) is 0 Å². The molecule has 4 rings (SSSR count). The first kappa shape index (κ1) is 26.4. The normalized spacial score (nSPS) is 12.3. The number of esters is 1. The maximum Gasteiger partial charge on any atom is 0.530 e. The Morgan fingerprint density at radius 3 is 2.14 bits per heavy atom. The van der Waals surface area contributed by atoms with E-state index in [2.05, 4.69) is 6.07 Å². The van der Waals surface area contributed by atoms with E-state index in [-0.39, 0.29) is 25.6 Å². The van der Waals surface area contributed by atoms with Crippen LogP contribution in [0.4, 0.5) is 0 Å². The van der Waals surface area contributed by atoms with Crippen molar-refractivity contribution in [3.8, 4) is 0 Å². The molecule has 0 saturated heterocycles. The number of phosphoric acid groups is 1. The van der Waals surface area contributed by atoms with Crippen molar-refractivity contribution in [2.24, 2.45) is 0 Å². The molecule has 0 aliphatic rings. The number of hydrogen-bond donors (Lipinski definition) is 0. The lowest BCUT2D eigenvalue weighted by molar-refractivity contribution is -0.139. The average Bonchev–Trinajstić information content (AvgIpc) is 2.92. The van der Waals surface area contributed by atoms with E-state index < -0.39 is 13.8 Å². The van der Waals surface area contributed by atoms with Gasteiger partial charge in [-0.3, -0.25) is 9.05 Å². The summed E-state index contributed by atoms with van der Waals surface area (Å²) in [5, 5.41) is 3.98. The summed E-state index contributed by atoms with van der Waals surface area (Å²) in [5.74, 6) is -0.264. The van der Waals surface area contributed by atoms with E-state index >= 15 is 0 Å². The highest BCUT2D eigenvalue weighted by molar-refractivity contribution is 7.48. The number of carbonyl (C=O) groups is 1. The van der Waals surface area contributed by atoms with Crippen molar-refractivity contribution in [3.63, 3.8) is 0 Å². The van der Waals surface area contributed by atoms with Crippen LogP contribution in [0.25, 0.3) is 27.3 Å². The molecule has 0 aromatic heterocycles. The second kappa shape index (κ2) is 12.5. The van der Waals surface area contributed by atoms with Crippen molar-refractivity contribution in [1.29, 1.82) is 0 Å². The fourth-order valence-corrected chi connectivity index (χ4v) is 5.16. The summed E-state index contributed by atoms with van der Waals surface area (Å²) in [5.41, 5.74) is 1.58. The third-order valence-electron chi connectivity index (χ3n) is 5.52. The fraction of sp³-hybridized carbons (Fsp3) is 0.167. The SMILES string of the molecule is CCOP(=O)(OCC)O/C(=C\C=C\C(=O)OCc1ccccc1)c1cc2ccccc2c2ccccc12. The molecule has 7 heteroatoms. The van der Waals surface area contributed by atoms with E-state index in [1.807, 2.05) is 78.9 Å². The molecule has 0 unspecified atom stereocenters. The molecule has 190 valence electrons. The quantitative estimate of drug-likeness (QED) is 0.0505. The van der Waals surface area contributed by atoms with E-state index in [0.29, 0.717) is 5.56 Å². The fourth-order valence-electron chi connectivity index (χ4n) is 3.95. The number of ether oxygens (including phenoxy) is 1. The van der Waals surface area contributed by atoms with Crippen LogP contribution < -0.4 is 0 Å². The van der Waals surface area contributed by atoms with Crippen LogP contribution in [0.1, 0.15) is 25.0 Å². The minimum Gasteiger partial charge on any atom is -0.458 e. The van der Waals surface area contributed by atoms with Gasteiger partial charge in [-0.25, -0.2) is 9.36 Å². The molecule has 0 heterocycles. The predicted octanol–water partition coefficient (Wildman–Crippen LogP) is 7.83. The van der Waals surface area contributed by atoms with Crippen LogP contribution in [0.3, 0.4) is 0 Å². The number of carbonyl (C=O) groups excluding carboxylic acids is 1. The first-order chi connectivity index (χ1) is 18.0. The second-order valence-electron chi connectivity index (χ2n) is 8.05. The van der Waals surface area contributed by atoms with Gasteiger partial charge in [-0.15, -0.1) is 0 Å². The average molecular weight is 517 g/mol. The molecule has 0 amide bonds. The van der Waals surface area contributed by atoms with Crippen molar-refractivity contribution in [2.45, 2.75) is 20.5 Å². The topological polar surface area (TPSA) is 71.1 Å². The highest BCUT2D eigenvalue weighted by Crippen LogP contribution is 2.53. The van der Waals surface area contributed by atoms with E-state index in [1.54, 1.807) is 19.9 Å². The third-order valence-corrected chi connectivity index (χ3v) is 7.09. The molecule has 6 nitrogen and oxygen atoms in total. The second-order valence-corrected chi connectivity index (χ2v) is 9.64. The molecule has 0 bridgehead atoms. The smallest absolute Gasteiger partial charge is 0.458 e. The highest BCUT2D eigenvalue weighted by Gasteiger charge is 2.29.